The summed E-state index contributed by atoms with van der Waals surface area (Å²) in [5, 5.41) is 3.18. The van der Waals surface area contributed by atoms with Gasteiger partial charge in [-0.25, -0.2) is 0 Å². The number of para-hydroxylation sites is 1. The normalized spacial score (nSPS) is 9.00. The van der Waals surface area contributed by atoms with Gasteiger partial charge >= 0.3 is 0 Å². The summed E-state index contributed by atoms with van der Waals surface area (Å²) < 4.78 is 0. The number of benzene rings is 1. The minimum Gasteiger partial charge on any atom is -0.374 e. The predicted octanol–water partition coefficient (Wildman–Crippen LogP) is 2.29. The second kappa shape index (κ2) is 4.46. The van der Waals surface area contributed by atoms with Crippen molar-refractivity contribution in [2.45, 2.75) is 13.3 Å². The summed E-state index contributed by atoms with van der Waals surface area (Å²) in [5.74, 6) is 2.56. The van der Waals surface area contributed by atoms with Gasteiger partial charge in [0.25, 0.3) is 0 Å². The van der Waals surface area contributed by atoms with Gasteiger partial charge in [-0.3, -0.25) is 0 Å². The molecular formula is C11H13N. The third-order valence-corrected chi connectivity index (χ3v) is 1.78. The number of rotatable bonds is 3. The summed E-state index contributed by atoms with van der Waals surface area (Å²) in [6, 6.07) is 8.22. The molecule has 0 spiro atoms. The Bertz CT molecular complexity index is 283. The van der Waals surface area contributed by atoms with Gasteiger partial charge in [0.2, 0.25) is 0 Å². The van der Waals surface area contributed by atoms with E-state index in [9.17, 15) is 0 Å². The lowest BCUT2D eigenvalue weighted by molar-refractivity contribution is 1.13. The summed E-state index contributed by atoms with van der Waals surface area (Å²) in [7, 11) is 0. The molecule has 12 heavy (non-hydrogen) atoms. The molecule has 0 fully saturated rings. The van der Waals surface area contributed by atoms with Crippen molar-refractivity contribution in [3.8, 4) is 12.3 Å². The maximum absolute atomic E-state index is 5.16. The maximum atomic E-state index is 5.16. The lowest BCUT2D eigenvalue weighted by atomic mass is 10.1. The molecule has 0 amide bonds. The smallest absolute Gasteiger partial charge is 0.0763 e. The van der Waals surface area contributed by atoms with Gasteiger partial charge in [0.15, 0.2) is 0 Å². The third kappa shape index (κ3) is 2.03. The first-order chi connectivity index (χ1) is 5.88. The highest BCUT2D eigenvalue weighted by Crippen LogP contribution is 2.14. The Kier molecular flexibility index (Phi) is 3.22. The van der Waals surface area contributed by atoms with Gasteiger partial charge in [-0.15, -0.1) is 6.42 Å². The van der Waals surface area contributed by atoms with Crippen molar-refractivity contribution in [1.29, 1.82) is 0 Å². The quantitative estimate of drug-likeness (QED) is 0.667. The van der Waals surface area contributed by atoms with E-state index in [1.165, 1.54) is 5.56 Å². The van der Waals surface area contributed by atoms with Crippen molar-refractivity contribution in [3.63, 3.8) is 0 Å². The first-order valence-electron chi connectivity index (χ1n) is 4.13. The first kappa shape index (κ1) is 8.67. The van der Waals surface area contributed by atoms with Crippen LogP contribution in [0.4, 0.5) is 5.69 Å². The van der Waals surface area contributed by atoms with Crippen molar-refractivity contribution < 1.29 is 0 Å². The van der Waals surface area contributed by atoms with Crippen LogP contribution in [0.25, 0.3) is 0 Å². The van der Waals surface area contributed by atoms with E-state index >= 15 is 0 Å². The fraction of sp³-hybridized carbons (Fsp3) is 0.273. The number of aryl methyl sites for hydroxylation is 1. The maximum Gasteiger partial charge on any atom is 0.0763 e. The van der Waals surface area contributed by atoms with E-state index in [0.29, 0.717) is 6.54 Å². The van der Waals surface area contributed by atoms with E-state index in [4.69, 9.17) is 6.42 Å². The summed E-state index contributed by atoms with van der Waals surface area (Å²) in [5.41, 5.74) is 2.46. The first-order valence-corrected chi connectivity index (χ1v) is 4.13. The van der Waals surface area contributed by atoms with E-state index in [1.54, 1.807) is 0 Å². The Labute approximate surface area is 73.8 Å². The monoisotopic (exact) mass is 159 g/mol. The predicted molar refractivity (Wildman–Crippen MR) is 53.1 cm³/mol. The van der Waals surface area contributed by atoms with Crippen LogP contribution in [0.2, 0.25) is 0 Å². The van der Waals surface area contributed by atoms with Crippen molar-refractivity contribution in [2.24, 2.45) is 0 Å². The molecule has 1 nitrogen and oxygen atoms in total. The number of hydrogen-bond acceptors (Lipinski definition) is 1. The van der Waals surface area contributed by atoms with Gasteiger partial charge in [-0.1, -0.05) is 31.0 Å². The molecule has 62 valence electrons. The lowest BCUT2D eigenvalue weighted by Crippen LogP contribution is -2.00. The van der Waals surface area contributed by atoms with Gasteiger partial charge in [-0.05, 0) is 18.1 Å². The van der Waals surface area contributed by atoms with Crippen LogP contribution in [-0.2, 0) is 6.42 Å². The second-order valence-corrected chi connectivity index (χ2v) is 2.57. The summed E-state index contributed by atoms with van der Waals surface area (Å²) >= 11 is 0. The number of terminal acetylenes is 1. The molecule has 1 heteroatoms. The molecule has 0 aliphatic carbocycles. The van der Waals surface area contributed by atoms with Crippen molar-refractivity contribution in [3.05, 3.63) is 29.8 Å². The molecule has 0 saturated carbocycles. The molecule has 0 saturated heterocycles. The Hall–Kier alpha value is -1.42. The molecule has 0 aliphatic rings. The number of hydrogen-bond donors (Lipinski definition) is 1. The Morgan fingerprint density at radius 1 is 1.42 bits per heavy atom. The highest BCUT2D eigenvalue weighted by molar-refractivity contribution is 5.51. The van der Waals surface area contributed by atoms with Crippen molar-refractivity contribution in [2.75, 3.05) is 11.9 Å². The SMILES string of the molecule is C#CCNc1ccccc1CC. The van der Waals surface area contributed by atoms with E-state index in [2.05, 4.69) is 30.3 Å². The average molecular weight is 159 g/mol. The minimum atomic E-state index is 0.594. The molecule has 1 rings (SSSR count). The largest absolute Gasteiger partial charge is 0.374 e. The molecule has 1 aromatic rings. The summed E-state index contributed by atoms with van der Waals surface area (Å²) in [6.45, 7) is 2.73. The third-order valence-electron chi connectivity index (χ3n) is 1.78. The lowest BCUT2D eigenvalue weighted by Gasteiger charge is -2.07. The van der Waals surface area contributed by atoms with Gasteiger partial charge in [0.05, 0.1) is 6.54 Å². The van der Waals surface area contributed by atoms with Crippen LogP contribution in [-0.4, -0.2) is 6.54 Å². The fourth-order valence-corrected chi connectivity index (χ4v) is 1.15. The minimum absolute atomic E-state index is 0.594. The number of nitrogens with one attached hydrogen (secondary N) is 1. The van der Waals surface area contributed by atoms with Crippen LogP contribution in [0.1, 0.15) is 12.5 Å². The van der Waals surface area contributed by atoms with Crippen LogP contribution in [0, 0.1) is 12.3 Å². The Morgan fingerprint density at radius 2 is 2.17 bits per heavy atom. The molecule has 0 radical (unpaired) electrons. The summed E-state index contributed by atoms with van der Waals surface area (Å²) in [6.07, 6.45) is 6.19. The van der Waals surface area contributed by atoms with Crippen LogP contribution < -0.4 is 5.32 Å². The Balaban J connectivity index is 2.76. The molecule has 0 aliphatic heterocycles. The molecule has 1 aromatic carbocycles. The molecule has 0 unspecified atom stereocenters. The van der Waals surface area contributed by atoms with Gasteiger partial charge < -0.3 is 5.32 Å². The van der Waals surface area contributed by atoms with Crippen LogP contribution >= 0.6 is 0 Å². The van der Waals surface area contributed by atoms with Crippen LogP contribution in [0.15, 0.2) is 24.3 Å². The molecule has 0 aromatic heterocycles. The summed E-state index contributed by atoms with van der Waals surface area (Å²) in [4.78, 5) is 0. The highest BCUT2D eigenvalue weighted by atomic mass is 14.9. The van der Waals surface area contributed by atoms with E-state index in [1.807, 2.05) is 12.1 Å². The molecular weight excluding hydrogens is 146 g/mol. The van der Waals surface area contributed by atoms with Crippen LogP contribution in [0.5, 0.6) is 0 Å². The average Bonchev–Trinajstić information content (AvgIpc) is 2.15. The van der Waals surface area contributed by atoms with Crippen molar-refractivity contribution in [1.82, 2.24) is 0 Å². The zero-order valence-electron chi connectivity index (χ0n) is 7.30. The second-order valence-electron chi connectivity index (χ2n) is 2.57. The molecule has 0 atom stereocenters. The fourth-order valence-electron chi connectivity index (χ4n) is 1.15. The zero-order chi connectivity index (χ0) is 8.81. The molecule has 1 N–H and O–H groups in total. The zero-order valence-corrected chi connectivity index (χ0v) is 7.30. The van der Waals surface area contributed by atoms with E-state index in [0.717, 1.165) is 12.1 Å². The van der Waals surface area contributed by atoms with Crippen molar-refractivity contribution >= 4 is 5.69 Å². The van der Waals surface area contributed by atoms with Gasteiger partial charge in [0.1, 0.15) is 0 Å². The van der Waals surface area contributed by atoms with Crippen LogP contribution in [0.3, 0.4) is 0 Å². The van der Waals surface area contributed by atoms with E-state index in [-0.39, 0.29) is 0 Å². The molecule has 0 heterocycles. The molecule has 0 bridgehead atoms. The van der Waals surface area contributed by atoms with E-state index < -0.39 is 0 Å². The van der Waals surface area contributed by atoms with Gasteiger partial charge in [0, 0.05) is 5.69 Å². The highest BCUT2D eigenvalue weighted by Gasteiger charge is 1.95. The van der Waals surface area contributed by atoms with Gasteiger partial charge in [-0.2, -0.15) is 0 Å². The standard InChI is InChI=1S/C11H13N/c1-3-9-12-11-8-6-5-7-10(11)4-2/h1,5-8,12H,4,9H2,2H3. The number of anilines is 1. The Morgan fingerprint density at radius 3 is 2.83 bits per heavy atom. The topological polar surface area (TPSA) is 12.0 Å².